The van der Waals surface area contributed by atoms with Crippen LogP contribution in [0, 0.1) is 11.3 Å². The topological polar surface area (TPSA) is 62.4 Å². The van der Waals surface area contributed by atoms with Crippen molar-refractivity contribution in [2.75, 3.05) is 6.61 Å². The number of pyridine rings is 1. The summed E-state index contributed by atoms with van der Waals surface area (Å²) in [5.41, 5.74) is 2.27. The van der Waals surface area contributed by atoms with Crippen LogP contribution in [0.15, 0.2) is 46.2 Å². The summed E-state index contributed by atoms with van der Waals surface area (Å²) < 4.78 is 11.3. The molecular weight excluding hydrogens is 340 g/mol. The molecule has 100 valence electrons. The van der Waals surface area contributed by atoms with E-state index in [1.54, 1.807) is 10.7 Å². The molecule has 0 aromatic carbocycles. The molecule has 1 aliphatic heterocycles. The van der Waals surface area contributed by atoms with E-state index in [0.717, 1.165) is 15.7 Å². The minimum atomic E-state index is 0.446. The van der Waals surface area contributed by atoms with Crippen LogP contribution in [0.2, 0.25) is 0 Å². The lowest BCUT2D eigenvalue weighted by Crippen LogP contribution is -2.13. The average Bonchev–Trinajstić information content (AvgIpc) is 2.90. The van der Waals surface area contributed by atoms with Crippen LogP contribution in [0.3, 0.4) is 0 Å². The molecular formula is C13H9BrN4OS. The number of ether oxygens (including phenoxy) is 1. The first kappa shape index (κ1) is 13.1. The van der Waals surface area contributed by atoms with Gasteiger partial charge < -0.3 is 9.46 Å². The van der Waals surface area contributed by atoms with E-state index < -0.39 is 0 Å². The Morgan fingerprint density at radius 2 is 2.45 bits per heavy atom. The Hall–Kier alpha value is -1.91. The zero-order chi connectivity index (χ0) is 13.9. The number of hydrogen-bond acceptors (Lipinski definition) is 5. The first-order valence-electron chi connectivity index (χ1n) is 5.75. The monoisotopic (exact) mass is 348 g/mol. The van der Waals surface area contributed by atoms with Crippen LogP contribution in [0.4, 0.5) is 0 Å². The summed E-state index contributed by atoms with van der Waals surface area (Å²) in [7, 11) is 0. The van der Waals surface area contributed by atoms with Crippen LogP contribution in [0.5, 0.6) is 5.75 Å². The highest BCUT2D eigenvalue weighted by Gasteiger charge is 2.10. The molecule has 3 heterocycles. The van der Waals surface area contributed by atoms with E-state index in [1.807, 2.05) is 23.6 Å². The Morgan fingerprint density at radius 3 is 3.20 bits per heavy atom. The van der Waals surface area contributed by atoms with Crippen LogP contribution < -0.4 is 9.46 Å². The van der Waals surface area contributed by atoms with E-state index in [4.69, 9.17) is 10.00 Å². The quantitative estimate of drug-likeness (QED) is 0.864. The number of nitrogens with one attached hydrogen (secondary N) is 1. The van der Waals surface area contributed by atoms with Crippen molar-refractivity contribution < 1.29 is 4.74 Å². The third kappa shape index (κ3) is 2.53. The van der Waals surface area contributed by atoms with Crippen molar-refractivity contribution in [2.45, 2.75) is 0 Å². The van der Waals surface area contributed by atoms with Gasteiger partial charge in [0.1, 0.15) is 18.4 Å². The Bertz CT molecular complexity index is 760. The van der Waals surface area contributed by atoms with Crippen molar-refractivity contribution in [1.82, 2.24) is 14.3 Å². The lowest BCUT2D eigenvalue weighted by atomic mass is 10.3. The van der Waals surface area contributed by atoms with Gasteiger partial charge in [-0.2, -0.15) is 10.4 Å². The minimum Gasteiger partial charge on any atom is -0.486 e. The minimum absolute atomic E-state index is 0.446. The van der Waals surface area contributed by atoms with Crippen LogP contribution >= 0.6 is 27.9 Å². The highest BCUT2D eigenvalue weighted by molar-refractivity contribution is 9.10. The van der Waals surface area contributed by atoms with Gasteiger partial charge >= 0.3 is 0 Å². The largest absolute Gasteiger partial charge is 0.486 e. The zero-order valence-corrected chi connectivity index (χ0v) is 12.6. The number of fused-ring (bicyclic) bond motifs is 1. The van der Waals surface area contributed by atoms with E-state index in [0.29, 0.717) is 17.9 Å². The summed E-state index contributed by atoms with van der Waals surface area (Å²) in [5, 5.41) is 15.1. The molecule has 0 radical (unpaired) electrons. The molecule has 7 heteroatoms. The molecule has 5 nitrogen and oxygen atoms in total. The lowest BCUT2D eigenvalue weighted by Gasteiger charge is -2.12. The number of rotatable bonds is 3. The smallest absolute Gasteiger partial charge is 0.139 e. The molecule has 0 atom stereocenters. The maximum Gasteiger partial charge on any atom is 0.139 e. The maximum atomic E-state index is 9.01. The summed E-state index contributed by atoms with van der Waals surface area (Å²) >= 11 is 4.96. The van der Waals surface area contributed by atoms with Crippen LogP contribution in [0.25, 0.3) is 5.52 Å². The number of nitriles is 1. The van der Waals surface area contributed by atoms with Gasteiger partial charge in [-0.25, -0.2) is 4.52 Å². The Kier molecular flexibility index (Phi) is 3.67. The number of allylic oxidation sites excluding steroid dienone is 2. The fourth-order valence-corrected chi connectivity index (χ4v) is 2.91. The van der Waals surface area contributed by atoms with E-state index >= 15 is 0 Å². The molecule has 0 unspecified atom stereocenters. The summed E-state index contributed by atoms with van der Waals surface area (Å²) in [6.07, 6.45) is 7.22. The molecule has 20 heavy (non-hydrogen) atoms. The van der Waals surface area contributed by atoms with Crippen LogP contribution in [-0.2, 0) is 0 Å². The average molecular weight is 349 g/mol. The molecule has 0 fully saturated rings. The normalized spacial score (nSPS) is 13.7. The maximum absolute atomic E-state index is 9.01. The van der Waals surface area contributed by atoms with Crippen molar-refractivity contribution in [2.24, 2.45) is 0 Å². The standard InChI is InChI=1S/C13H9BrN4OS/c14-12-4-11(19-8-10-2-1-3-20-17-10)7-18-13(12)9(5-15)6-16-18/h1-4,6-7,17H,8H2. The van der Waals surface area contributed by atoms with Gasteiger partial charge in [-0.05, 0) is 45.4 Å². The van der Waals surface area contributed by atoms with Crippen molar-refractivity contribution >= 4 is 33.4 Å². The summed E-state index contributed by atoms with van der Waals surface area (Å²) in [4.78, 5) is 0. The molecule has 2 aromatic heterocycles. The molecule has 1 N–H and O–H groups in total. The SMILES string of the molecule is N#Cc1cnn2cc(OCC3=CC=CSN3)cc(Br)c12. The predicted molar refractivity (Wildman–Crippen MR) is 81.1 cm³/mol. The molecule has 1 aliphatic rings. The highest BCUT2D eigenvalue weighted by atomic mass is 79.9. The fourth-order valence-electron chi connectivity index (χ4n) is 1.79. The van der Waals surface area contributed by atoms with Gasteiger partial charge in [-0.1, -0.05) is 6.08 Å². The van der Waals surface area contributed by atoms with Gasteiger partial charge in [0.25, 0.3) is 0 Å². The second-order valence-electron chi connectivity index (χ2n) is 4.02. The van der Waals surface area contributed by atoms with Gasteiger partial charge in [0, 0.05) is 4.47 Å². The lowest BCUT2D eigenvalue weighted by molar-refractivity contribution is 0.346. The summed E-state index contributed by atoms with van der Waals surface area (Å²) in [6, 6.07) is 3.95. The van der Waals surface area contributed by atoms with Crippen molar-refractivity contribution in [1.29, 1.82) is 5.26 Å². The number of nitrogens with zero attached hydrogens (tertiary/aromatic N) is 3. The van der Waals surface area contributed by atoms with Gasteiger partial charge in [0.2, 0.25) is 0 Å². The second kappa shape index (κ2) is 5.61. The van der Waals surface area contributed by atoms with Crippen LogP contribution in [-0.4, -0.2) is 16.2 Å². The molecule has 0 aliphatic carbocycles. The molecule has 0 saturated heterocycles. The van der Waals surface area contributed by atoms with E-state index in [9.17, 15) is 0 Å². The number of halogens is 1. The third-order valence-electron chi connectivity index (χ3n) is 2.69. The van der Waals surface area contributed by atoms with Crippen molar-refractivity contribution in [3.8, 4) is 11.8 Å². The Morgan fingerprint density at radius 1 is 1.55 bits per heavy atom. The van der Waals surface area contributed by atoms with Gasteiger partial charge in [-0.15, -0.1) is 0 Å². The van der Waals surface area contributed by atoms with E-state index in [1.165, 1.54) is 18.1 Å². The van der Waals surface area contributed by atoms with E-state index in [-0.39, 0.29) is 0 Å². The highest BCUT2D eigenvalue weighted by Crippen LogP contribution is 2.26. The fraction of sp³-hybridized carbons (Fsp3) is 0.0769. The van der Waals surface area contributed by atoms with E-state index in [2.05, 4.69) is 31.8 Å². The molecule has 0 spiro atoms. The third-order valence-corrected chi connectivity index (χ3v) is 3.97. The Balaban J connectivity index is 1.84. The van der Waals surface area contributed by atoms with Gasteiger partial charge in [-0.3, -0.25) is 0 Å². The first-order valence-corrected chi connectivity index (χ1v) is 7.42. The molecule has 3 rings (SSSR count). The van der Waals surface area contributed by atoms with Crippen molar-refractivity contribution in [3.63, 3.8) is 0 Å². The molecule has 0 amide bonds. The predicted octanol–water partition coefficient (Wildman–Crippen LogP) is 3.00. The summed E-state index contributed by atoms with van der Waals surface area (Å²) in [6.45, 7) is 0.446. The summed E-state index contributed by atoms with van der Waals surface area (Å²) in [5.74, 6) is 0.680. The number of aromatic nitrogens is 2. The Labute approximate surface area is 128 Å². The van der Waals surface area contributed by atoms with Gasteiger partial charge in [0.15, 0.2) is 0 Å². The second-order valence-corrected chi connectivity index (χ2v) is 5.58. The van der Waals surface area contributed by atoms with Gasteiger partial charge in [0.05, 0.1) is 29.2 Å². The molecule has 2 aromatic rings. The number of hydrogen-bond donors (Lipinski definition) is 1. The zero-order valence-electron chi connectivity index (χ0n) is 10.2. The molecule has 0 bridgehead atoms. The first-order chi connectivity index (χ1) is 9.78. The van der Waals surface area contributed by atoms with Crippen molar-refractivity contribution in [3.05, 3.63) is 51.8 Å². The molecule has 0 saturated carbocycles. The van der Waals surface area contributed by atoms with Crippen LogP contribution in [0.1, 0.15) is 5.56 Å².